The summed E-state index contributed by atoms with van der Waals surface area (Å²) >= 11 is 1.74. The molecule has 3 N–H and O–H groups in total. The molecular weight excluding hydrogens is 353 g/mol. The molecule has 0 aromatic heterocycles. The first-order valence-electron chi connectivity index (χ1n) is 8.40. The van der Waals surface area contributed by atoms with Crippen molar-refractivity contribution in [3.63, 3.8) is 0 Å². The zero-order valence-electron chi connectivity index (χ0n) is 14.8. The Hall–Kier alpha value is 0.320. The Morgan fingerprint density at radius 1 is 1.22 bits per heavy atom. The molecule has 1 unspecified atom stereocenters. The van der Waals surface area contributed by atoms with Crippen LogP contribution in [0.25, 0.3) is 0 Å². The Morgan fingerprint density at radius 2 is 1.78 bits per heavy atom. The molecule has 0 spiro atoms. The normalized spacial score (nSPS) is 17.3. The standard InChI is InChI=1S/C16H33N3OS.2ClH/c1-4-13(5-2)15(19-9-6-7-10-19)12-18-16(20)14(17)8-11-21-3;;/h13-15H,4-12,17H2,1-3H3,(H,18,20);2*1H/t14-,15?;;/m0../s1. The highest BCUT2D eigenvalue weighted by Gasteiger charge is 2.28. The van der Waals surface area contributed by atoms with E-state index < -0.39 is 0 Å². The van der Waals surface area contributed by atoms with Crippen LogP contribution < -0.4 is 11.1 Å². The van der Waals surface area contributed by atoms with Crippen LogP contribution in [-0.2, 0) is 4.79 Å². The molecule has 1 aliphatic rings. The fraction of sp³-hybridized carbons (Fsp3) is 0.938. The van der Waals surface area contributed by atoms with E-state index in [1.54, 1.807) is 11.8 Å². The molecule has 7 heteroatoms. The fourth-order valence-corrected chi connectivity index (χ4v) is 3.70. The first-order chi connectivity index (χ1) is 10.1. The van der Waals surface area contributed by atoms with Crippen LogP contribution in [0.15, 0.2) is 0 Å². The van der Waals surface area contributed by atoms with Crippen molar-refractivity contribution >= 4 is 42.5 Å². The number of rotatable bonds is 10. The van der Waals surface area contributed by atoms with Gasteiger partial charge in [-0.1, -0.05) is 26.7 Å². The molecule has 0 aromatic rings. The van der Waals surface area contributed by atoms with Crippen molar-refractivity contribution in [3.8, 4) is 0 Å². The van der Waals surface area contributed by atoms with Crippen molar-refractivity contribution in [2.24, 2.45) is 11.7 Å². The first kappa shape index (κ1) is 25.6. The van der Waals surface area contributed by atoms with Gasteiger partial charge in [-0.15, -0.1) is 24.8 Å². The van der Waals surface area contributed by atoms with E-state index in [-0.39, 0.29) is 36.8 Å². The van der Waals surface area contributed by atoms with Crippen LogP contribution in [0.3, 0.4) is 0 Å². The third-order valence-electron chi connectivity index (χ3n) is 4.66. The molecule has 0 saturated carbocycles. The lowest BCUT2D eigenvalue weighted by molar-refractivity contribution is -0.122. The van der Waals surface area contributed by atoms with Crippen LogP contribution in [0.5, 0.6) is 0 Å². The van der Waals surface area contributed by atoms with Crippen LogP contribution in [0.2, 0.25) is 0 Å². The van der Waals surface area contributed by atoms with Crippen molar-refractivity contribution in [3.05, 3.63) is 0 Å². The number of halogens is 2. The highest BCUT2D eigenvalue weighted by Crippen LogP contribution is 2.22. The van der Waals surface area contributed by atoms with Crippen LogP contribution in [0.4, 0.5) is 0 Å². The number of amides is 1. The quantitative estimate of drug-likeness (QED) is 0.604. The molecule has 1 saturated heterocycles. The van der Waals surface area contributed by atoms with Gasteiger partial charge < -0.3 is 11.1 Å². The van der Waals surface area contributed by atoms with Crippen LogP contribution in [0, 0.1) is 5.92 Å². The summed E-state index contributed by atoms with van der Waals surface area (Å²) in [7, 11) is 0. The molecule has 1 fully saturated rings. The maximum Gasteiger partial charge on any atom is 0.237 e. The summed E-state index contributed by atoms with van der Waals surface area (Å²) in [6.45, 7) is 7.61. The van der Waals surface area contributed by atoms with E-state index in [1.807, 2.05) is 6.26 Å². The number of carbonyl (C=O) groups excluding carboxylic acids is 1. The summed E-state index contributed by atoms with van der Waals surface area (Å²) in [5.41, 5.74) is 5.95. The summed E-state index contributed by atoms with van der Waals surface area (Å²) in [5, 5.41) is 3.10. The minimum Gasteiger partial charge on any atom is -0.353 e. The molecule has 1 heterocycles. The molecule has 0 radical (unpaired) electrons. The summed E-state index contributed by atoms with van der Waals surface area (Å²) < 4.78 is 0. The van der Waals surface area contributed by atoms with Gasteiger partial charge in [0.1, 0.15) is 0 Å². The average molecular weight is 388 g/mol. The number of hydrogen-bond donors (Lipinski definition) is 2. The van der Waals surface area contributed by atoms with Gasteiger partial charge in [0.05, 0.1) is 6.04 Å². The molecule has 140 valence electrons. The molecule has 0 bridgehead atoms. The van der Waals surface area contributed by atoms with Crippen molar-refractivity contribution in [1.82, 2.24) is 10.2 Å². The molecule has 0 aromatic carbocycles. The molecule has 23 heavy (non-hydrogen) atoms. The zero-order chi connectivity index (χ0) is 15.7. The van der Waals surface area contributed by atoms with Gasteiger partial charge in [0, 0.05) is 12.6 Å². The van der Waals surface area contributed by atoms with E-state index in [0.717, 1.165) is 18.7 Å². The number of likely N-dealkylation sites (tertiary alicyclic amines) is 1. The predicted molar refractivity (Wildman–Crippen MR) is 107 cm³/mol. The fourth-order valence-electron chi connectivity index (χ4n) is 3.21. The van der Waals surface area contributed by atoms with E-state index in [1.165, 1.54) is 38.8 Å². The summed E-state index contributed by atoms with van der Waals surface area (Å²) in [4.78, 5) is 14.7. The number of carbonyl (C=O) groups is 1. The lowest BCUT2D eigenvalue weighted by Crippen LogP contribution is -2.50. The molecule has 4 nitrogen and oxygen atoms in total. The minimum absolute atomic E-state index is 0. The number of thioether (sulfide) groups is 1. The Balaban J connectivity index is 0. The summed E-state index contributed by atoms with van der Waals surface area (Å²) in [6.07, 6.45) is 7.72. The van der Waals surface area contributed by atoms with Gasteiger partial charge >= 0.3 is 0 Å². The van der Waals surface area contributed by atoms with Crippen molar-refractivity contribution in [1.29, 1.82) is 0 Å². The van der Waals surface area contributed by atoms with Gasteiger partial charge in [-0.2, -0.15) is 11.8 Å². The van der Waals surface area contributed by atoms with E-state index in [2.05, 4.69) is 24.1 Å². The third kappa shape index (κ3) is 8.82. The van der Waals surface area contributed by atoms with E-state index >= 15 is 0 Å². The smallest absolute Gasteiger partial charge is 0.237 e. The van der Waals surface area contributed by atoms with Gasteiger partial charge in [-0.05, 0) is 50.3 Å². The average Bonchev–Trinajstić information content (AvgIpc) is 3.02. The second-order valence-electron chi connectivity index (χ2n) is 6.02. The van der Waals surface area contributed by atoms with Crippen LogP contribution in [0.1, 0.15) is 46.0 Å². The van der Waals surface area contributed by atoms with Crippen molar-refractivity contribution in [2.75, 3.05) is 31.6 Å². The SMILES string of the molecule is CCC(CC)C(CNC(=O)[C@@H](N)CCSC)N1CCCC1.Cl.Cl. The highest BCUT2D eigenvalue weighted by atomic mass is 35.5. The lowest BCUT2D eigenvalue weighted by atomic mass is 9.93. The van der Waals surface area contributed by atoms with Gasteiger partial charge in [0.25, 0.3) is 0 Å². The topological polar surface area (TPSA) is 58.4 Å². The molecule has 2 atom stereocenters. The maximum atomic E-state index is 12.1. The maximum absolute atomic E-state index is 12.1. The van der Waals surface area contributed by atoms with Crippen molar-refractivity contribution < 1.29 is 4.79 Å². The third-order valence-corrected chi connectivity index (χ3v) is 5.30. The Kier molecular flexibility index (Phi) is 16.3. The Morgan fingerprint density at radius 3 is 2.26 bits per heavy atom. The summed E-state index contributed by atoms with van der Waals surface area (Å²) in [6, 6.07) is 0.109. The Labute approximate surface area is 158 Å². The number of nitrogens with one attached hydrogen (secondary N) is 1. The first-order valence-corrected chi connectivity index (χ1v) is 9.79. The monoisotopic (exact) mass is 387 g/mol. The molecule has 1 amide bonds. The largest absolute Gasteiger partial charge is 0.353 e. The molecule has 0 aliphatic carbocycles. The van der Waals surface area contributed by atoms with Gasteiger partial charge in [-0.3, -0.25) is 9.69 Å². The van der Waals surface area contributed by atoms with Crippen LogP contribution in [-0.4, -0.2) is 54.5 Å². The van der Waals surface area contributed by atoms with Gasteiger partial charge in [0.15, 0.2) is 0 Å². The second-order valence-corrected chi connectivity index (χ2v) is 7.01. The Bertz CT molecular complexity index is 299. The zero-order valence-corrected chi connectivity index (χ0v) is 17.2. The molecular formula is C16H35Cl2N3OS. The van der Waals surface area contributed by atoms with E-state index in [0.29, 0.717) is 12.0 Å². The predicted octanol–water partition coefficient (Wildman–Crippen LogP) is 2.93. The summed E-state index contributed by atoms with van der Waals surface area (Å²) in [5.74, 6) is 1.61. The van der Waals surface area contributed by atoms with E-state index in [4.69, 9.17) is 5.73 Å². The lowest BCUT2D eigenvalue weighted by Gasteiger charge is -2.34. The second kappa shape index (κ2) is 14.6. The van der Waals surface area contributed by atoms with Crippen LogP contribution >= 0.6 is 36.6 Å². The molecule has 1 aliphatic heterocycles. The highest BCUT2D eigenvalue weighted by molar-refractivity contribution is 7.98. The number of hydrogen-bond acceptors (Lipinski definition) is 4. The number of nitrogens with two attached hydrogens (primary N) is 1. The number of nitrogens with zero attached hydrogens (tertiary/aromatic N) is 1. The van der Waals surface area contributed by atoms with Gasteiger partial charge in [0.2, 0.25) is 5.91 Å². The molecule has 1 rings (SSSR count). The minimum atomic E-state index is -0.363. The van der Waals surface area contributed by atoms with Crippen molar-refractivity contribution in [2.45, 2.75) is 58.0 Å². The van der Waals surface area contributed by atoms with E-state index in [9.17, 15) is 4.79 Å². The van der Waals surface area contributed by atoms with Gasteiger partial charge in [-0.25, -0.2) is 0 Å².